The maximum atomic E-state index is 12.2. The highest BCUT2D eigenvalue weighted by molar-refractivity contribution is 7.90. The molecule has 0 radical (unpaired) electrons. The molecule has 0 aliphatic carbocycles. The largest absolute Gasteiger partial charge is 0.350 e. The number of rotatable bonds is 5. The standard InChI is InChI=1S/C17H26N2O3S/c1-13-5-4-10-19(12-13)14(2)11-18-17(20)15-6-8-16(9-7-15)23(3,21)22/h6-9,13-14H,4-5,10-12H2,1-3H3,(H,18,20)/t13-,14-/m1/s1. The number of nitrogens with zero attached hydrogens (tertiary/aromatic N) is 1. The Morgan fingerprint density at radius 2 is 2.00 bits per heavy atom. The lowest BCUT2D eigenvalue weighted by Gasteiger charge is -2.35. The van der Waals surface area contributed by atoms with Crippen LogP contribution < -0.4 is 5.32 Å². The quantitative estimate of drug-likeness (QED) is 0.891. The van der Waals surface area contributed by atoms with Crippen LogP contribution >= 0.6 is 0 Å². The van der Waals surface area contributed by atoms with E-state index in [0.717, 1.165) is 19.3 Å². The Morgan fingerprint density at radius 1 is 1.35 bits per heavy atom. The van der Waals surface area contributed by atoms with Gasteiger partial charge in [-0.2, -0.15) is 0 Å². The van der Waals surface area contributed by atoms with Crippen LogP contribution in [0.3, 0.4) is 0 Å². The molecule has 1 fully saturated rings. The molecule has 6 heteroatoms. The summed E-state index contributed by atoms with van der Waals surface area (Å²) in [5.74, 6) is 0.549. The van der Waals surface area contributed by atoms with Gasteiger partial charge in [-0.25, -0.2) is 8.42 Å². The van der Waals surface area contributed by atoms with E-state index in [9.17, 15) is 13.2 Å². The van der Waals surface area contributed by atoms with Crippen LogP contribution in [0.25, 0.3) is 0 Å². The van der Waals surface area contributed by atoms with Crippen LogP contribution in [0.4, 0.5) is 0 Å². The topological polar surface area (TPSA) is 66.5 Å². The van der Waals surface area contributed by atoms with E-state index in [1.807, 2.05) is 0 Å². The lowest BCUT2D eigenvalue weighted by atomic mass is 9.99. The highest BCUT2D eigenvalue weighted by Gasteiger charge is 2.21. The minimum Gasteiger partial charge on any atom is -0.350 e. The zero-order chi connectivity index (χ0) is 17.0. The Balaban J connectivity index is 1.89. The summed E-state index contributed by atoms with van der Waals surface area (Å²) >= 11 is 0. The molecule has 1 amide bonds. The van der Waals surface area contributed by atoms with Crippen LogP contribution in [0.5, 0.6) is 0 Å². The normalized spacial score (nSPS) is 20.9. The number of piperidine rings is 1. The van der Waals surface area contributed by atoms with Crippen LogP contribution in [-0.2, 0) is 9.84 Å². The summed E-state index contributed by atoms with van der Waals surface area (Å²) in [4.78, 5) is 14.8. The fourth-order valence-corrected chi connectivity index (χ4v) is 3.58. The molecule has 0 bridgehead atoms. The summed E-state index contributed by atoms with van der Waals surface area (Å²) in [6.07, 6.45) is 3.65. The van der Waals surface area contributed by atoms with Gasteiger partial charge < -0.3 is 5.32 Å². The molecule has 1 aliphatic heterocycles. The zero-order valence-electron chi connectivity index (χ0n) is 14.1. The summed E-state index contributed by atoms with van der Waals surface area (Å²) < 4.78 is 22.8. The third-order valence-electron chi connectivity index (χ3n) is 4.41. The van der Waals surface area contributed by atoms with Crippen molar-refractivity contribution in [3.8, 4) is 0 Å². The van der Waals surface area contributed by atoms with Crippen molar-refractivity contribution in [2.24, 2.45) is 5.92 Å². The van der Waals surface area contributed by atoms with Crippen LogP contribution in [0, 0.1) is 5.92 Å². The first-order valence-corrected chi connectivity index (χ1v) is 9.99. The maximum absolute atomic E-state index is 12.2. The Hall–Kier alpha value is -1.40. The number of amides is 1. The second kappa shape index (κ2) is 7.45. The second-order valence-electron chi connectivity index (χ2n) is 6.60. The van der Waals surface area contributed by atoms with E-state index in [1.165, 1.54) is 25.0 Å². The van der Waals surface area contributed by atoms with Crippen molar-refractivity contribution < 1.29 is 13.2 Å². The van der Waals surface area contributed by atoms with Gasteiger partial charge in [0.15, 0.2) is 9.84 Å². The van der Waals surface area contributed by atoms with Crippen LogP contribution in [0.2, 0.25) is 0 Å². The number of likely N-dealkylation sites (tertiary alicyclic amines) is 1. The summed E-state index contributed by atoms with van der Waals surface area (Å²) in [7, 11) is -3.23. The number of carbonyl (C=O) groups is 1. The monoisotopic (exact) mass is 338 g/mol. The van der Waals surface area contributed by atoms with E-state index in [1.54, 1.807) is 12.1 Å². The molecule has 1 saturated heterocycles. The van der Waals surface area contributed by atoms with E-state index in [-0.39, 0.29) is 10.8 Å². The molecule has 2 rings (SSSR count). The molecule has 1 heterocycles. The van der Waals surface area contributed by atoms with Crippen LogP contribution in [0.1, 0.15) is 37.0 Å². The molecule has 0 spiro atoms. The van der Waals surface area contributed by atoms with Crippen molar-refractivity contribution >= 4 is 15.7 Å². The second-order valence-corrected chi connectivity index (χ2v) is 8.61. The van der Waals surface area contributed by atoms with Crippen molar-refractivity contribution in [1.29, 1.82) is 0 Å². The molecule has 1 aromatic rings. The Bertz CT molecular complexity index is 640. The summed E-state index contributed by atoms with van der Waals surface area (Å²) in [5, 5.41) is 2.94. The van der Waals surface area contributed by atoms with Gasteiger partial charge in [-0.3, -0.25) is 9.69 Å². The van der Waals surface area contributed by atoms with Gasteiger partial charge >= 0.3 is 0 Å². The maximum Gasteiger partial charge on any atom is 0.251 e. The molecule has 5 nitrogen and oxygen atoms in total. The summed E-state index contributed by atoms with van der Waals surface area (Å²) in [6.45, 7) is 7.16. The first-order valence-electron chi connectivity index (χ1n) is 8.09. The minimum atomic E-state index is -3.23. The van der Waals surface area contributed by atoms with Gasteiger partial charge in [-0.1, -0.05) is 6.92 Å². The van der Waals surface area contributed by atoms with E-state index in [4.69, 9.17) is 0 Å². The molecule has 1 N–H and O–H groups in total. The molecular formula is C17H26N2O3S. The predicted molar refractivity (Wildman–Crippen MR) is 91.3 cm³/mol. The Labute approximate surface area is 139 Å². The van der Waals surface area contributed by atoms with Crippen molar-refractivity contribution in [3.05, 3.63) is 29.8 Å². The number of hydrogen-bond donors (Lipinski definition) is 1. The molecule has 23 heavy (non-hydrogen) atoms. The van der Waals surface area contributed by atoms with Crippen molar-refractivity contribution in [2.75, 3.05) is 25.9 Å². The molecular weight excluding hydrogens is 312 g/mol. The first-order chi connectivity index (χ1) is 10.8. The van der Waals surface area contributed by atoms with E-state index in [2.05, 4.69) is 24.1 Å². The molecule has 128 valence electrons. The fraction of sp³-hybridized carbons (Fsp3) is 0.588. The highest BCUT2D eigenvalue weighted by atomic mass is 32.2. The zero-order valence-corrected chi connectivity index (χ0v) is 14.9. The molecule has 1 aromatic carbocycles. The van der Waals surface area contributed by atoms with E-state index >= 15 is 0 Å². The summed E-state index contributed by atoms with van der Waals surface area (Å²) in [5.41, 5.74) is 0.483. The average Bonchev–Trinajstić information content (AvgIpc) is 2.51. The average molecular weight is 338 g/mol. The van der Waals surface area contributed by atoms with Gasteiger partial charge in [0.1, 0.15) is 0 Å². The minimum absolute atomic E-state index is 0.165. The lowest BCUT2D eigenvalue weighted by Crippen LogP contribution is -2.46. The first kappa shape index (κ1) is 17.9. The van der Waals surface area contributed by atoms with Gasteiger partial charge in [-0.15, -0.1) is 0 Å². The SMILES string of the molecule is C[C@@H]1CCCN([C@H](C)CNC(=O)c2ccc(S(C)(=O)=O)cc2)C1. The number of hydrogen-bond acceptors (Lipinski definition) is 4. The number of nitrogens with one attached hydrogen (secondary N) is 1. The van der Waals surface area contributed by atoms with Gasteiger partial charge in [0, 0.05) is 31.0 Å². The van der Waals surface area contributed by atoms with Crippen molar-refractivity contribution in [1.82, 2.24) is 10.2 Å². The predicted octanol–water partition coefficient (Wildman–Crippen LogP) is 1.94. The molecule has 0 unspecified atom stereocenters. The fourth-order valence-electron chi connectivity index (χ4n) is 2.95. The molecule has 0 saturated carbocycles. The smallest absolute Gasteiger partial charge is 0.251 e. The van der Waals surface area contributed by atoms with Crippen LogP contribution in [0.15, 0.2) is 29.2 Å². The number of sulfone groups is 1. The van der Waals surface area contributed by atoms with Gasteiger partial charge in [-0.05, 0) is 56.5 Å². The van der Waals surface area contributed by atoms with Gasteiger partial charge in [0.2, 0.25) is 0 Å². The van der Waals surface area contributed by atoms with E-state index < -0.39 is 9.84 Å². The van der Waals surface area contributed by atoms with Crippen LogP contribution in [-0.4, -0.2) is 51.2 Å². The van der Waals surface area contributed by atoms with Gasteiger partial charge in [0.05, 0.1) is 4.90 Å². The van der Waals surface area contributed by atoms with Crippen molar-refractivity contribution in [2.45, 2.75) is 37.6 Å². The number of benzene rings is 1. The molecule has 1 aliphatic rings. The third kappa shape index (κ3) is 5.04. The summed E-state index contributed by atoms with van der Waals surface area (Å²) in [6, 6.07) is 6.36. The third-order valence-corrected chi connectivity index (χ3v) is 5.54. The Morgan fingerprint density at radius 3 is 2.57 bits per heavy atom. The number of carbonyl (C=O) groups excluding carboxylic acids is 1. The van der Waals surface area contributed by atoms with Crippen molar-refractivity contribution in [3.63, 3.8) is 0 Å². The van der Waals surface area contributed by atoms with E-state index in [0.29, 0.717) is 24.1 Å². The lowest BCUT2D eigenvalue weighted by molar-refractivity contribution is 0.0917. The highest BCUT2D eigenvalue weighted by Crippen LogP contribution is 2.17. The molecule has 2 atom stereocenters. The van der Waals surface area contributed by atoms with Gasteiger partial charge in [0.25, 0.3) is 5.91 Å². The Kier molecular flexibility index (Phi) is 5.81. The molecule has 0 aromatic heterocycles.